The number of aromatic nitrogens is 3. The topological polar surface area (TPSA) is 97.5 Å². The largest absolute Gasteiger partial charge is 0.497 e. The number of hydrogen-bond acceptors (Lipinski definition) is 5. The van der Waals surface area contributed by atoms with Crippen LogP contribution in [0.3, 0.4) is 0 Å². The van der Waals surface area contributed by atoms with E-state index >= 15 is 0 Å². The summed E-state index contributed by atoms with van der Waals surface area (Å²) < 4.78 is 6.70. The van der Waals surface area contributed by atoms with Gasteiger partial charge in [0, 0.05) is 20.0 Å². The van der Waals surface area contributed by atoms with Crippen molar-refractivity contribution in [2.75, 3.05) is 20.7 Å². The number of carbonyl (C=O) groups is 2. The second-order valence-corrected chi connectivity index (χ2v) is 5.36. The molecule has 1 aromatic heterocycles. The molecule has 1 amide bonds. The number of hydrogen-bond donors (Lipinski definition) is 1. The van der Waals surface area contributed by atoms with Gasteiger partial charge in [-0.2, -0.15) is 0 Å². The van der Waals surface area contributed by atoms with Gasteiger partial charge in [0.05, 0.1) is 18.5 Å². The molecule has 2 rings (SSSR count). The van der Waals surface area contributed by atoms with Crippen molar-refractivity contribution in [3.05, 3.63) is 35.7 Å². The molecule has 0 spiro atoms. The summed E-state index contributed by atoms with van der Waals surface area (Å²) in [5, 5.41) is 16.7. The maximum absolute atomic E-state index is 12.4. The summed E-state index contributed by atoms with van der Waals surface area (Å²) in [6, 6.07) is 7.25. The van der Waals surface area contributed by atoms with E-state index in [0.717, 1.165) is 11.4 Å². The van der Waals surface area contributed by atoms with Crippen LogP contribution in [0.1, 0.15) is 29.0 Å². The Balaban J connectivity index is 2.13. The molecule has 0 aliphatic carbocycles. The lowest BCUT2D eigenvalue weighted by Gasteiger charge is -2.15. The Morgan fingerprint density at radius 1 is 1.29 bits per heavy atom. The molecule has 0 fully saturated rings. The van der Waals surface area contributed by atoms with E-state index in [1.54, 1.807) is 37.9 Å². The van der Waals surface area contributed by atoms with Crippen LogP contribution in [0, 0.1) is 6.92 Å². The van der Waals surface area contributed by atoms with Crippen LogP contribution in [0.25, 0.3) is 5.69 Å². The van der Waals surface area contributed by atoms with Crippen LogP contribution in [-0.2, 0) is 4.79 Å². The molecule has 0 radical (unpaired) electrons. The number of ether oxygens (including phenoxy) is 1. The third-order valence-corrected chi connectivity index (χ3v) is 3.65. The van der Waals surface area contributed by atoms with Gasteiger partial charge in [0.1, 0.15) is 5.75 Å². The van der Waals surface area contributed by atoms with Crippen molar-refractivity contribution in [1.29, 1.82) is 0 Å². The summed E-state index contributed by atoms with van der Waals surface area (Å²) >= 11 is 0. The minimum Gasteiger partial charge on any atom is -0.497 e. The van der Waals surface area contributed by atoms with E-state index < -0.39 is 5.97 Å². The van der Waals surface area contributed by atoms with Crippen LogP contribution >= 0.6 is 0 Å². The summed E-state index contributed by atoms with van der Waals surface area (Å²) in [6.45, 7) is 2.11. The standard InChI is InChI=1S/C16H20N4O4/c1-11-15(16(23)19(2)10-4-5-14(21)22)17-18-20(11)12-6-8-13(24-3)9-7-12/h6-9H,4-5,10H2,1-3H3,(H,21,22). The molecule has 1 aromatic carbocycles. The molecule has 0 aliphatic heterocycles. The first-order valence-corrected chi connectivity index (χ1v) is 7.48. The van der Waals surface area contributed by atoms with E-state index in [1.807, 2.05) is 12.1 Å². The maximum Gasteiger partial charge on any atom is 0.303 e. The maximum atomic E-state index is 12.4. The molecular formula is C16H20N4O4. The van der Waals surface area contributed by atoms with Crippen LogP contribution in [0.15, 0.2) is 24.3 Å². The average molecular weight is 332 g/mol. The highest BCUT2D eigenvalue weighted by atomic mass is 16.5. The minimum atomic E-state index is -0.877. The number of nitrogens with zero attached hydrogens (tertiary/aromatic N) is 4. The molecule has 24 heavy (non-hydrogen) atoms. The number of carboxylic acids is 1. The van der Waals surface area contributed by atoms with Crippen molar-refractivity contribution in [3.8, 4) is 11.4 Å². The summed E-state index contributed by atoms with van der Waals surface area (Å²) in [5.74, 6) is -0.430. The highest BCUT2D eigenvalue weighted by Crippen LogP contribution is 2.17. The first kappa shape index (κ1) is 17.5. The number of methoxy groups -OCH3 is 1. The van der Waals surface area contributed by atoms with Crippen LogP contribution in [0.4, 0.5) is 0 Å². The number of carboxylic acid groups (broad SMARTS) is 1. The Kier molecular flexibility index (Phi) is 5.51. The average Bonchev–Trinajstić information content (AvgIpc) is 2.95. The van der Waals surface area contributed by atoms with Gasteiger partial charge in [0.25, 0.3) is 5.91 Å². The molecule has 0 saturated heterocycles. The first-order valence-electron chi connectivity index (χ1n) is 7.48. The Labute approximate surface area is 139 Å². The van der Waals surface area contributed by atoms with Gasteiger partial charge in [-0.3, -0.25) is 9.59 Å². The number of rotatable bonds is 7. The quantitative estimate of drug-likeness (QED) is 0.825. The summed E-state index contributed by atoms with van der Waals surface area (Å²) in [6.07, 6.45) is 0.415. The fraction of sp³-hybridized carbons (Fsp3) is 0.375. The highest BCUT2D eigenvalue weighted by Gasteiger charge is 2.20. The van der Waals surface area contributed by atoms with Gasteiger partial charge in [-0.25, -0.2) is 4.68 Å². The molecule has 0 unspecified atom stereocenters. The molecule has 0 aliphatic rings. The summed E-state index contributed by atoms with van der Waals surface area (Å²) in [4.78, 5) is 24.4. The predicted molar refractivity (Wildman–Crippen MR) is 86.5 cm³/mol. The molecule has 128 valence electrons. The van der Waals surface area contributed by atoms with Crippen molar-refractivity contribution in [2.45, 2.75) is 19.8 Å². The Morgan fingerprint density at radius 2 is 1.96 bits per heavy atom. The van der Waals surface area contributed by atoms with Gasteiger partial charge >= 0.3 is 5.97 Å². The fourth-order valence-corrected chi connectivity index (χ4v) is 2.25. The molecular weight excluding hydrogens is 312 g/mol. The van der Waals surface area contributed by atoms with Gasteiger partial charge in [0.15, 0.2) is 5.69 Å². The normalized spacial score (nSPS) is 10.5. The Morgan fingerprint density at radius 3 is 2.54 bits per heavy atom. The van der Waals surface area contributed by atoms with Crippen molar-refractivity contribution in [3.63, 3.8) is 0 Å². The molecule has 8 nitrogen and oxygen atoms in total. The molecule has 1 heterocycles. The van der Waals surface area contributed by atoms with Crippen molar-refractivity contribution in [2.24, 2.45) is 0 Å². The zero-order valence-corrected chi connectivity index (χ0v) is 13.9. The van der Waals surface area contributed by atoms with E-state index in [2.05, 4.69) is 10.3 Å². The SMILES string of the molecule is COc1ccc(-n2nnc(C(=O)N(C)CCCC(=O)O)c2C)cc1. The fourth-order valence-electron chi connectivity index (χ4n) is 2.25. The van der Waals surface area contributed by atoms with Crippen LogP contribution in [-0.4, -0.2) is 57.6 Å². The first-order chi connectivity index (χ1) is 11.4. The Bertz CT molecular complexity index is 724. The zero-order chi connectivity index (χ0) is 17.7. The molecule has 0 atom stereocenters. The summed E-state index contributed by atoms with van der Waals surface area (Å²) in [7, 11) is 3.21. The molecule has 1 N–H and O–H groups in total. The molecule has 2 aromatic rings. The lowest BCUT2D eigenvalue weighted by atomic mass is 10.2. The molecule has 0 saturated carbocycles. The van der Waals surface area contributed by atoms with E-state index in [1.165, 1.54) is 4.90 Å². The smallest absolute Gasteiger partial charge is 0.303 e. The lowest BCUT2D eigenvalue weighted by molar-refractivity contribution is -0.137. The van der Waals surface area contributed by atoms with Crippen molar-refractivity contribution < 1.29 is 19.4 Å². The minimum absolute atomic E-state index is 0.0230. The second kappa shape index (κ2) is 7.58. The monoisotopic (exact) mass is 332 g/mol. The predicted octanol–water partition coefficient (Wildman–Crippen LogP) is 1.52. The van der Waals surface area contributed by atoms with E-state index in [9.17, 15) is 9.59 Å². The summed E-state index contributed by atoms with van der Waals surface area (Å²) in [5.41, 5.74) is 1.65. The van der Waals surface area contributed by atoms with Gasteiger partial charge in [0.2, 0.25) is 0 Å². The number of carbonyl (C=O) groups excluding carboxylic acids is 1. The van der Waals surface area contributed by atoms with Crippen LogP contribution < -0.4 is 4.74 Å². The second-order valence-electron chi connectivity index (χ2n) is 5.36. The zero-order valence-electron chi connectivity index (χ0n) is 13.9. The van der Waals surface area contributed by atoms with Gasteiger partial charge in [-0.15, -0.1) is 5.10 Å². The molecule has 0 bridgehead atoms. The number of benzene rings is 1. The van der Waals surface area contributed by atoms with Crippen LogP contribution in [0.2, 0.25) is 0 Å². The van der Waals surface area contributed by atoms with Gasteiger partial charge < -0.3 is 14.7 Å². The van der Waals surface area contributed by atoms with E-state index in [0.29, 0.717) is 18.7 Å². The van der Waals surface area contributed by atoms with Gasteiger partial charge in [-0.1, -0.05) is 5.21 Å². The van der Waals surface area contributed by atoms with Crippen molar-refractivity contribution in [1.82, 2.24) is 19.9 Å². The third kappa shape index (κ3) is 3.89. The highest BCUT2D eigenvalue weighted by molar-refractivity contribution is 5.93. The number of amides is 1. The van der Waals surface area contributed by atoms with Gasteiger partial charge in [-0.05, 0) is 37.6 Å². The van der Waals surface area contributed by atoms with E-state index in [-0.39, 0.29) is 18.0 Å². The lowest BCUT2D eigenvalue weighted by Crippen LogP contribution is -2.29. The van der Waals surface area contributed by atoms with E-state index in [4.69, 9.17) is 9.84 Å². The van der Waals surface area contributed by atoms with Crippen LogP contribution in [0.5, 0.6) is 5.75 Å². The third-order valence-electron chi connectivity index (χ3n) is 3.65. The number of aliphatic carboxylic acids is 1. The molecule has 8 heteroatoms. The Hall–Kier alpha value is -2.90. The van der Waals surface area contributed by atoms with Crippen molar-refractivity contribution >= 4 is 11.9 Å².